The van der Waals surface area contributed by atoms with Gasteiger partial charge >= 0.3 is 0 Å². The van der Waals surface area contributed by atoms with Crippen LogP contribution in [0, 0.1) is 0 Å². The summed E-state index contributed by atoms with van der Waals surface area (Å²) in [5.74, 6) is 0.320. The zero-order valence-electron chi connectivity index (χ0n) is 16.5. The molecule has 1 saturated carbocycles. The molecule has 3 aromatic rings. The number of nitrogens with zero attached hydrogens (tertiary/aromatic N) is 2. The summed E-state index contributed by atoms with van der Waals surface area (Å²) in [6, 6.07) is 11.3. The van der Waals surface area contributed by atoms with Gasteiger partial charge in [-0.25, -0.2) is 0 Å². The Morgan fingerprint density at radius 2 is 2.07 bits per heavy atom. The molecule has 1 aromatic carbocycles. The number of amides is 2. The quantitative estimate of drug-likeness (QED) is 0.575. The van der Waals surface area contributed by atoms with Crippen molar-refractivity contribution < 1.29 is 14.3 Å². The number of carbonyl (C=O) groups is 2. The van der Waals surface area contributed by atoms with Crippen LogP contribution >= 0.6 is 11.3 Å². The molecule has 1 aliphatic rings. The summed E-state index contributed by atoms with van der Waals surface area (Å²) < 4.78 is 7.29. The van der Waals surface area contributed by atoms with E-state index in [1.807, 2.05) is 23.6 Å². The minimum Gasteiger partial charge on any atom is -0.488 e. The fourth-order valence-electron chi connectivity index (χ4n) is 3.48. The molecule has 8 heteroatoms. The maximum atomic E-state index is 12.6. The van der Waals surface area contributed by atoms with Crippen molar-refractivity contribution in [1.82, 2.24) is 15.1 Å². The number of rotatable bonds is 8. The molecule has 4 rings (SSSR count). The van der Waals surface area contributed by atoms with Crippen LogP contribution in [0.25, 0.3) is 0 Å². The van der Waals surface area contributed by atoms with Crippen LogP contribution in [0.3, 0.4) is 0 Å². The zero-order valence-corrected chi connectivity index (χ0v) is 17.4. The third-order valence-electron chi connectivity index (χ3n) is 4.97. The van der Waals surface area contributed by atoms with E-state index in [9.17, 15) is 9.59 Å². The van der Waals surface area contributed by atoms with Gasteiger partial charge in [-0.05, 0) is 42.5 Å². The second kappa shape index (κ2) is 9.58. The Kier molecular flexibility index (Phi) is 6.44. The van der Waals surface area contributed by atoms with Crippen molar-refractivity contribution in [1.29, 1.82) is 0 Å². The Hall–Kier alpha value is -3.13. The lowest BCUT2D eigenvalue weighted by molar-refractivity contribution is -0.122. The molecule has 0 atom stereocenters. The van der Waals surface area contributed by atoms with Crippen LogP contribution in [0.4, 0.5) is 5.69 Å². The van der Waals surface area contributed by atoms with Crippen LogP contribution in [-0.4, -0.2) is 27.6 Å². The molecular weight excluding hydrogens is 400 g/mol. The Balaban J connectivity index is 1.30. The van der Waals surface area contributed by atoms with Gasteiger partial charge in [-0.2, -0.15) is 5.10 Å². The monoisotopic (exact) mass is 424 g/mol. The summed E-state index contributed by atoms with van der Waals surface area (Å²) in [6.07, 6.45) is 7.62. The molecule has 0 unspecified atom stereocenters. The predicted octanol–water partition coefficient (Wildman–Crippen LogP) is 3.83. The van der Waals surface area contributed by atoms with E-state index in [2.05, 4.69) is 15.7 Å². The molecule has 0 saturated heterocycles. The molecule has 30 heavy (non-hydrogen) atoms. The highest BCUT2D eigenvalue weighted by molar-refractivity contribution is 7.09. The second-order valence-corrected chi connectivity index (χ2v) is 8.36. The van der Waals surface area contributed by atoms with Crippen molar-refractivity contribution >= 4 is 28.8 Å². The molecule has 1 aliphatic carbocycles. The van der Waals surface area contributed by atoms with Crippen LogP contribution in [0.1, 0.15) is 40.9 Å². The first-order valence-corrected chi connectivity index (χ1v) is 10.9. The van der Waals surface area contributed by atoms with Gasteiger partial charge in [0.05, 0.1) is 11.9 Å². The van der Waals surface area contributed by atoms with Crippen molar-refractivity contribution in [2.45, 2.75) is 44.9 Å². The third kappa shape index (κ3) is 5.48. The van der Waals surface area contributed by atoms with E-state index in [1.165, 1.54) is 23.7 Å². The number of hydrogen-bond donors (Lipinski definition) is 2. The van der Waals surface area contributed by atoms with E-state index in [-0.39, 0.29) is 24.4 Å². The minimum absolute atomic E-state index is 0.0570. The number of nitrogens with one attached hydrogen (secondary N) is 2. The largest absolute Gasteiger partial charge is 0.488 e. The van der Waals surface area contributed by atoms with Crippen LogP contribution in [-0.2, 0) is 17.9 Å². The van der Waals surface area contributed by atoms with Crippen LogP contribution in [0.15, 0.2) is 54.2 Å². The van der Waals surface area contributed by atoms with Crippen molar-refractivity contribution in [2.24, 2.45) is 0 Å². The van der Waals surface area contributed by atoms with E-state index in [0.29, 0.717) is 23.6 Å². The molecule has 0 radical (unpaired) electrons. The van der Waals surface area contributed by atoms with Crippen molar-refractivity contribution in [2.75, 3.05) is 5.32 Å². The molecule has 0 bridgehead atoms. The van der Waals surface area contributed by atoms with E-state index < -0.39 is 0 Å². The Labute approximate surface area is 179 Å². The van der Waals surface area contributed by atoms with Gasteiger partial charge in [0.2, 0.25) is 5.91 Å². The van der Waals surface area contributed by atoms with Crippen LogP contribution in [0.5, 0.6) is 5.75 Å². The average molecular weight is 425 g/mol. The van der Waals surface area contributed by atoms with Crippen molar-refractivity contribution in [3.63, 3.8) is 0 Å². The highest BCUT2D eigenvalue weighted by Crippen LogP contribution is 2.19. The maximum Gasteiger partial charge on any atom is 0.255 e. The van der Waals surface area contributed by atoms with Gasteiger partial charge in [0.15, 0.2) is 0 Å². The number of carbonyl (C=O) groups excluding carboxylic acids is 2. The molecule has 7 nitrogen and oxygen atoms in total. The number of thiophene rings is 1. The third-order valence-corrected chi connectivity index (χ3v) is 5.82. The summed E-state index contributed by atoms with van der Waals surface area (Å²) in [6.45, 7) is 0.608. The highest BCUT2D eigenvalue weighted by atomic mass is 32.1. The minimum atomic E-state index is -0.258. The van der Waals surface area contributed by atoms with Gasteiger partial charge in [-0.15, -0.1) is 11.3 Å². The molecule has 2 heterocycles. The number of benzene rings is 1. The predicted molar refractivity (Wildman–Crippen MR) is 116 cm³/mol. The lowest BCUT2D eigenvalue weighted by Crippen LogP contribution is -2.35. The SMILES string of the molecule is O=C(Cn1cc(NC(=O)c2cccc(OCc3cccs3)c2)cn1)NC1CCCC1. The molecule has 0 spiro atoms. The number of aromatic nitrogens is 2. The van der Waals surface area contributed by atoms with Gasteiger partial charge in [0.1, 0.15) is 18.9 Å². The summed E-state index contributed by atoms with van der Waals surface area (Å²) >= 11 is 1.63. The van der Waals surface area contributed by atoms with E-state index in [4.69, 9.17) is 4.74 Å². The van der Waals surface area contributed by atoms with E-state index in [1.54, 1.807) is 35.7 Å². The first-order chi connectivity index (χ1) is 14.7. The van der Waals surface area contributed by atoms with E-state index in [0.717, 1.165) is 17.7 Å². The highest BCUT2D eigenvalue weighted by Gasteiger charge is 2.17. The summed E-state index contributed by atoms with van der Waals surface area (Å²) in [4.78, 5) is 25.8. The van der Waals surface area contributed by atoms with Crippen LogP contribution < -0.4 is 15.4 Å². The van der Waals surface area contributed by atoms with Gasteiger partial charge in [0, 0.05) is 22.7 Å². The van der Waals surface area contributed by atoms with Gasteiger partial charge < -0.3 is 15.4 Å². The summed E-state index contributed by atoms with van der Waals surface area (Å²) in [7, 11) is 0. The lowest BCUT2D eigenvalue weighted by atomic mass is 10.2. The van der Waals surface area contributed by atoms with E-state index >= 15 is 0 Å². The lowest BCUT2D eigenvalue weighted by Gasteiger charge is -2.11. The molecule has 2 N–H and O–H groups in total. The summed E-state index contributed by atoms with van der Waals surface area (Å²) in [5.41, 5.74) is 1.03. The molecule has 2 aromatic heterocycles. The van der Waals surface area contributed by atoms with Gasteiger partial charge in [-0.3, -0.25) is 14.3 Å². The molecule has 2 amide bonds. The Morgan fingerprint density at radius 3 is 2.87 bits per heavy atom. The number of ether oxygens (including phenoxy) is 1. The maximum absolute atomic E-state index is 12.6. The standard InChI is InChI=1S/C22H24N4O3S/c27-21(24-17-6-1-2-7-17)14-26-13-18(12-23-26)25-22(28)16-5-3-8-19(11-16)29-15-20-9-4-10-30-20/h3-5,8-13,17H,1-2,6-7,14-15H2,(H,24,27)(H,25,28). The fraction of sp³-hybridized carbons (Fsp3) is 0.318. The first-order valence-electron chi connectivity index (χ1n) is 10.0. The van der Waals surface area contributed by atoms with Crippen LogP contribution in [0.2, 0.25) is 0 Å². The van der Waals surface area contributed by atoms with Crippen molar-refractivity contribution in [3.05, 3.63) is 64.6 Å². The fourth-order valence-corrected chi connectivity index (χ4v) is 4.10. The second-order valence-electron chi connectivity index (χ2n) is 7.33. The summed E-state index contributed by atoms with van der Waals surface area (Å²) in [5, 5.41) is 12.0. The number of hydrogen-bond acceptors (Lipinski definition) is 5. The topological polar surface area (TPSA) is 85.2 Å². The number of anilines is 1. The average Bonchev–Trinajstić information content (AvgIpc) is 3.50. The molecule has 156 valence electrons. The first kappa shape index (κ1) is 20.2. The smallest absolute Gasteiger partial charge is 0.255 e. The van der Waals surface area contributed by atoms with Gasteiger partial charge in [0.25, 0.3) is 5.91 Å². The Morgan fingerprint density at radius 1 is 1.20 bits per heavy atom. The normalized spacial score (nSPS) is 13.9. The molecule has 1 fully saturated rings. The zero-order chi connectivity index (χ0) is 20.8. The Bertz CT molecular complexity index is 993. The van der Waals surface area contributed by atoms with Crippen molar-refractivity contribution in [3.8, 4) is 5.75 Å². The molecule has 0 aliphatic heterocycles. The van der Waals surface area contributed by atoms with Gasteiger partial charge in [-0.1, -0.05) is 25.0 Å². The molecular formula is C22H24N4O3S.